The first-order valence-corrected chi connectivity index (χ1v) is 6.93. The van der Waals surface area contributed by atoms with Crippen molar-refractivity contribution in [2.75, 3.05) is 0 Å². The summed E-state index contributed by atoms with van der Waals surface area (Å²) in [5, 5.41) is 9.71. The molecule has 0 amide bonds. The van der Waals surface area contributed by atoms with Crippen molar-refractivity contribution in [3.8, 4) is 11.8 Å². The molecule has 1 unspecified atom stereocenters. The van der Waals surface area contributed by atoms with Crippen molar-refractivity contribution >= 4 is 0 Å². The highest BCUT2D eigenvalue weighted by Gasteiger charge is 1.99. The second-order valence-corrected chi connectivity index (χ2v) is 5.06. The molecule has 1 nitrogen and oxygen atoms in total. The Kier molecular flexibility index (Phi) is 6.54. The van der Waals surface area contributed by atoms with Crippen LogP contribution in [0.2, 0.25) is 0 Å². The van der Waals surface area contributed by atoms with Crippen molar-refractivity contribution in [2.24, 2.45) is 0 Å². The molecule has 1 aromatic rings. The van der Waals surface area contributed by atoms with E-state index in [-0.39, 0.29) is 0 Å². The second-order valence-electron chi connectivity index (χ2n) is 5.06. The van der Waals surface area contributed by atoms with Crippen molar-refractivity contribution in [2.45, 2.75) is 58.5 Å². The zero-order chi connectivity index (χ0) is 13.4. The van der Waals surface area contributed by atoms with Gasteiger partial charge in [-0.2, -0.15) is 0 Å². The Balaban J connectivity index is 2.51. The highest BCUT2D eigenvalue weighted by Crippen LogP contribution is 2.14. The predicted octanol–water partition coefficient (Wildman–Crippen LogP) is 4.10. The standard InChI is InChI=1S/C17H24O/c1-4-5-6-7-17(18)13-10-15-8-11-16(12-9-15)14(2)3/h8-9,11-12,14,17-18H,4-7H2,1-3H3. The Morgan fingerprint density at radius 3 is 2.33 bits per heavy atom. The van der Waals surface area contributed by atoms with Gasteiger partial charge in [0.2, 0.25) is 0 Å². The summed E-state index contributed by atoms with van der Waals surface area (Å²) in [6, 6.07) is 8.28. The summed E-state index contributed by atoms with van der Waals surface area (Å²) >= 11 is 0. The first-order chi connectivity index (χ1) is 8.63. The van der Waals surface area contributed by atoms with Crippen molar-refractivity contribution in [1.29, 1.82) is 0 Å². The van der Waals surface area contributed by atoms with Gasteiger partial charge in [0.25, 0.3) is 0 Å². The normalized spacial score (nSPS) is 12.1. The Morgan fingerprint density at radius 2 is 1.78 bits per heavy atom. The van der Waals surface area contributed by atoms with Crippen LogP contribution in [0.25, 0.3) is 0 Å². The topological polar surface area (TPSA) is 20.2 Å². The third-order valence-electron chi connectivity index (χ3n) is 3.04. The van der Waals surface area contributed by atoms with Gasteiger partial charge in [-0.3, -0.25) is 0 Å². The zero-order valence-electron chi connectivity index (χ0n) is 11.7. The Labute approximate surface area is 111 Å². The molecular formula is C17H24O. The average Bonchev–Trinajstić information content (AvgIpc) is 2.37. The highest BCUT2D eigenvalue weighted by atomic mass is 16.3. The van der Waals surface area contributed by atoms with E-state index in [9.17, 15) is 5.11 Å². The monoisotopic (exact) mass is 244 g/mol. The first kappa shape index (κ1) is 14.8. The predicted molar refractivity (Wildman–Crippen MR) is 77.6 cm³/mol. The molecule has 1 N–H and O–H groups in total. The molecule has 1 rings (SSSR count). The van der Waals surface area contributed by atoms with Crippen LogP contribution in [0.1, 0.15) is 63.5 Å². The summed E-state index contributed by atoms with van der Waals surface area (Å²) in [4.78, 5) is 0. The van der Waals surface area contributed by atoms with Gasteiger partial charge in [0.15, 0.2) is 0 Å². The van der Waals surface area contributed by atoms with Crippen molar-refractivity contribution in [3.05, 3.63) is 35.4 Å². The highest BCUT2D eigenvalue weighted by molar-refractivity contribution is 5.37. The summed E-state index contributed by atoms with van der Waals surface area (Å²) in [6.07, 6.45) is 3.70. The molecule has 18 heavy (non-hydrogen) atoms. The molecule has 0 spiro atoms. The van der Waals surface area contributed by atoms with Crippen LogP contribution in [0.3, 0.4) is 0 Å². The van der Waals surface area contributed by atoms with E-state index >= 15 is 0 Å². The van der Waals surface area contributed by atoms with E-state index in [4.69, 9.17) is 0 Å². The second kappa shape index (κ2) is 7.95. The molecule has 0 bridgehead atoms. The van der Waals surface area contributed by atoms with E-state index in [2.05, 4.69) is 44.7 Å². The van der Waals surface area contributed by atoms with Crippen molar-refractivity contribution < 1.29 is 5.11 Å². The quantitative estimate of drug-likeness (QED) is 0.610. The van der Waals surface area contributed by atoms with Gasteiger partial charge in [-0.15, -0.1) is 0 Å². The molecule has 98 valence electrons. The van der Waals surface area contributed by atoms with E-state index < -0.39 is 6.10 Å². The van der Waals surface area contributed by atoms with Crippen LogP contribution in [0, 0.1) is 11.8 Å². The summed E-state index contributed by atoms with van der Waals surface area (Å²) in [5.41, 5.74) is 2.30. The van der Waals surface area contributed by atoms with Crippen LogP contribution < -0.4 is 0 Å². The minimum Gasteiger partial charge on any atom is -0.380 e. The maximum Gasteiger partial charge on any atom is 0.115 e. The van der Waals surface area contributed by atoms with E-state index in [1.807, 2.05) is 12.1 Å². The lowest BCUT2D eigenvalue weighted by Crippen LogP contribution is -2.02. The van der Waals surface area contributed by atoms with Crippen LogP contribution in [0.4, 0.5) is 0 Å². The average molecular weight is 244 g/mol. The fourth-order valence-corrected chi connectivity index (χ4v) is 1.78. The fraction of sp³-hybridized carbons (Fsp3) is 0.529. The molecule has 0 aliphatic carbocycles. The third-order valence-corrected chi connectivity index (χ3v) is 3.04. The third kappa shape index (κ3) is 5.38. The molecule has 0 aliphatic heterocycles. The molecular weight excluding hydrogens is 220 g/mol. The number of benzene rings is 1. The van der Waals surface area contributed by atoms with Gasteiger partial charge in [0, 0.05) is 5.56 Å². The lowest BCUT2D eigenvalue weighted by atomic mass is 10.0. The fourth-order valence-electron chi connectivity index (χ4n) is 1.78. The first-order valence-electron chi connectivity index (χ1n) is 6.93. The van der Waals surface area contributed by atoms with Gasteiger partial charge in [-0.1, -0.05) is 57.6 Å². The molecule has 1 heteroatoms. The molecule has 0 aliphatic rings. The number of aliphatic hydroxyl groups excluding tert-OH is 1. The van der Waals surface area contributed by atoms with E-state index in [0.717, 1.165) is 18.4 Å². The minimum absolute atomic E-state index is 0.485. The summed E-state index contributed by atoms with van der Waals surface area (Å²) in [6.45, 7) is 6.52. The lowest BCUT2D eigenvalue weighted by molar-refractivity contribution is 0.217. The minimum atomic E-state index is -0.485. The van der Waals surface area contributed by atoms with E-state index in [0.29, 0.717) is 5.92 Å². The number of hydrogen-bond donors (Lipinski definition) is 1. The van der Waals surface area contributed by atoms with Crippen LogP contribution in [-0.2, 0) is 0 Å². The molecule has 0 saturated heterocycles. The van der Waals surface area contributed by atoms with Gasteiger partial charge in [-0.25, -0.2) is 0 Å². The molecule has 0 saturated carbocycles. The van der Waals surface area contributed by atoms with Crippen LogP contribution >= 0.6 is 0 Å². The van der Waals surface area contributed by atoms with Gasteiger partial charge < -0.3 is 5.11 Å². The van der Waals surface area contributed by atoms with Crippen LogP contribution in [0.15, 0.2) is 24.3 Å². The molecule has 1 aromatic carbocycles. The maximum absolute atomic E-state index is 9.71. The van der Waals surface area contributed by atoms with Crippen molar-refractivity contribution in [3.63, 3.8) is 0 Å². The summed E-state index contributed by atoms with van der Waals surface area (Å²) in [7, 11) is 0. The maximum atomic E-state index is 9.71. The van der Waals surface area contributed by atoms with Gasteiger partial charge >= 0.3 is 0 Å². The van der Waals surface area contributed by atoms with Crippen molar-refractivity contribution in [1.82, 2.24) is 0 Å². The summed E-state index contributed by atoms with van der Waals surface area (Å²) in [5.74, 6) is 6.50. The Bertz CT molecular complexity index is 392. The molecule has 0 heterocycles. The lowest BCUT2D eigenvalue weighted by Gasteiger charge is -2.04. The Morgan fingerprint density at radius 1 is 1.11 bits per heavy atom. The molecule has 1 atom stereocenters. The van der Waals surface area contributed by atoms with E-state index in [1.165, 1.54) is 18.4 Å². The summed E-state index contributed by atoms with van der Waals surface area (Å²) < 4.78 is 0. The number of unbranched alkanes of at least 4 members (excludes halogenated alkanes) is 2. The Hall–Kier alpha value is -1.26. The number of hydrogen-bond acceptors (Lipinski definition) is 1. The molecule has 0 radical (unpaired) electrons. The van der Waals surface area contributed by atoms with Gasteiger partial charge in [-0.05, 0) is 36.5 Å². The van der Waals surface area contributed by atoms with Crippen LogP contribution in [-0.4, -0.2) is 11.2 Å². The largest absolute Gasteiger partial charge is 0.380 e. The SMILES string of the molecule is CCCCCC(O)C#Cc1ccc(C(C)C)cc1. The van der Waals surface area contributed by atoms with Gasteiger partial charge in [0.05, 0.1) is 0 Å². The zero-order valence-corrected chi connectivity index (χ0v) is 11.7. The number of rotatable bonds is 5. The van der Waals surface area contributed by atoms with Crippen LogP contribution in [0.5, 0.6) is 0 Å². The smallest absolute Gasteiger partial charge is 0.115 e. The molecule has 0 fully saturated rings. The van der Waals surface area contributed by atoms with E-state index in [1.54, 1.807) is 0 Å². The van der Waals surface area contributed by atoms with Gasteiger partial charge in [0.1, 0.15) is 6.10 Å². The molecule has 0 aromatic heterocycles. The number of aliphatic hydroxyl groups is 1.